The smallest absolute Gasteiger partial charge is 0.331 e. The molecule has 0 aliphatic heterocycles. The molecule has 0 radical (unpaired) electrons. The van der Waals surface area contributed by atoms with Crippen LogP contribution in [0, 0.1) is 6.92 Å². The first kappa shape index (κ1) is 21.0. The van der Waals surface area contributed by atoms with Crippen molar-refractivity contribution in [1.29, 1.82) is 0 Å². The quantitative estimate of drug-likeness (QED) is 0.396. The van der Waals surface area contributed by atoms with E-state index >= 15 is 0 Å². The van der Waals surface area contributed by atoms with Gasteiger partial charge in [0.05, 0.1) is 12.0 Å². The fraction of sp³-hybridized carbons (Fsp3) is 0.240. The van der Waals surface area contributed by atoms with Crippen LogP contribution in [0.25, 0.3) is 32.7 Å². The number of aryl methyl sites for hydroxylation is 1. The third kappa shape index (κ3) is 3.68. The zero-order valence-electron chi connectivity index (χ0n) is 18.0. The van der Waals surface area contributed by atoms with Gasteiger partial charge in [0.15, 0.2) is 0 Å². The molecular weight excluding hydrogens is 408 g/mol. The van der Waals surface area contributed by atoms with Crippen molar-refractivity contribution in [2.45, 2.75) is 33.2 Å². The van der Waals surface area contributed by atoms with E-state index in [0.29, 0.717) is 16.0 Å². The Balaban J connectivity index is 2.08. The molecule has 4 rings (SSSR count). The van der Waals surface area contributed by atoms with E-state index in [-0.39, 0.29) is 12.2 Å². The van der Waals surface area contributed by atoms with E-state index in [2.05, 4.69) is 0 Å². The van der Waals surface area contributed by atoms with Gasteiger partial charge >= 0.3 is 5.97 Å². The van der Waals surface area contributed by atoms with Gasteiger partial charge in [-0.3, -0.25) is 9.36 Å². The molecule has 0 aliphatic rings. The van der Waals surface area contributed by atoms with Gasteiger partial charge in [-0.15, -0.1) is 11.3 Å². The summed E-state index contributed by atoms with van der Waals surface area (Å²) in [4.78, 5) is 32.4. The summed E-state index contributed by atoms with van der Waals surface area (Å²) in [6.45, 7) is 7.38. The Bertz CT molecular complexity index is 1320. The largest absolute Gasteiger partial charge is 0.464 e. The molecule has 158 valence electrons. The molecule has 5 nitrogen and oxygen atoms in total. The molecule has 0 atom stereocenters. The van der Waals surface area contributed by atoms with Gasteiger partial charge in [-0.25, -0.2) is 9.78 Å². The summed E-state index contributed by atoms with van der Waals surface area (Å²) in [6, 6.07) is 17.5. The van der Waals surface area contributed by atoms with E-state index in [1.165, 1.54) is 15.9 Å². The number of aromatic nitrogens is 2. The lowest BCUT2D eigenvalue weighted by Gasteiger charge is -2.28. The molecule has 0 saturated heterocycles. The monoisotopic (exact) mass is 432 g/mol. The van der Waals surface area contributed by atoms with Gasteiger partial charge in [0.25, 0.3) is 5.56 Å². The molecule has 0 N–H and O–H groups in total. The van der Waals surface area contributed by atoms with Gasteiger partial charge in [-0.2, -0.15) is 0 Å². The summed E-state index contributed by atoms with van der Waals surface area (Å²) >= 11 is 1.43. The first-order valence-electron chi connectivity index (χ1n) is 10.2. The predicted octanol–water partition coefficient (Wildman–Crippen LogP) is 5.40. The van der Waals surface area contributed by atoms with E-state index in [1.54, 1.807) is 20.8 Å². The lowest BCUT2D eigenvalue weighted by molar-refractivity contribution is -0.152. The minimum absolute atomic E-state index is 0.236. The van der Waals surface area contributed by atoms with Crippen LogP contribution < -0.4 is 5.56 Å². The number of hydrogen-bond donors (Lipinski definition) is 0. The Kier molecular flexibility index (Phi) is 5.50. The predicted molar refractivity (Wildman–Crippen MR) is 125 cm³/mol. The third-order valence-corrected chi connectivity index (χ3v) is 6.18. The lowest BCUT2D eigenvalue weighted by atomic mass is 10.0. The highest BCUT2D eigenvalue weighted by molar-refractivity contribution is 7.17. The van der Waals surface area contributed by atoms with Crippen LogP contribution in [0.2, 0.25) is 0 Å². The van der Waals surface area contributed by atoms with E-state index in [1.807, 2.05) is 66.9 Å². The minimum atomic E-state index is -1.23. The number of hydrogen-bond acceptors (Lipinski definition) is 5. The first-order chi connectivity index (χ1) is 14.8. The topological polar surface area (TPSA) is 61.2 Å². The van der Waals surface area contributed by atoms with Crippen molar-refractivity contribution in [2.24, 2.45) is 0 Å². The van der Waals surface area contributed by atoms with Crippen LogP contribution in [-0.2, 0) is 15.1 Å². The number of rotatable bonds is 5. The van der Waals surface area contributed by atoms with Gasteiger partial charge in [-0.05, 0) is 39.3 Å². The zero-order chi connectivity index (χ0) is 22.2. The van der Waals surface area contributed by atoms with Gasteiger partial charge < -0.3 is 4.74 Å². The number of esters is 1. The van der Waals surface area contributed by atoms with Crippen LogP contribution in [-0.4, -0.2) is 22.1 Å². The third-order valence-electron chi connectivity index (χ3n) is 5.30. The number of benzene rings is 2. The number of nitrogens with zero attached hydrogens (tertiary/aromatic N) is 2. The van der Waals surface area contributed by atoms with E-state index in [0.717, 1.165) is 22.3 Å². The Labute approximate surface area is 185 Å². The average molecular weight is 433 g/mol. The summed E-state index contributed by atoms with van der Waals surface area (Å²) in [7, 11) is 0. The van der Waals surface area contributed by atoms with E-state index < -0.39 is 11.5 Å². The molecule has 2 heterocycles. The number of fused-ring (bicyclic) bond motifs is 1. The normalized spacial score (nSPS) is 11.6. The standard InChI is InChI=1S/C25H24N2O3S/c1-5-30-24(29)25(3,4)27-21(18-13-9-10-16(2)14-18)26-22-20(23(27)28)19(15-31-22)17-11-7-6-8-12-17/h6-15H,5H2,1-4H3. The van der Waals surface area contributed by atoms with E-state index in [4.69, 9.17) is 9.72 Å². The van der Waals surface area contributed by atoms with Crippen LogP contribution in [0.4, 0.5) is 0 Å². The summed E-state index contributed by atoms with van der Waals surface area (Å²) in [5, 5.41) is 2.47. The molecule has 0 saturated carbocycles. The highest BCUT2D eigenvalue weighted by atomic mass is 32.1. The van der Waals surface area contributed by atoms with Crippen LogP contribution in [0.5, 0.6) is 0 Å². The van der Waals surface area contributed by atoms with Crippen molar-refractivity contribution in [2.75, 3.05) is 6.61 Å². The number of thiophene rings is 1. The first-order valence-corrected chi connectivity index (χ1v) is 11.1. The molecule has 2 aromatic heterocycles. The summed E-state index contributed by atoms with van der Waals surface area (Å²) < 4.78 is 6.80. The zero-order valence-corrected chi connectivity index (χ0v) is 18.8. The highest BCUT2D eigenvalue weighted by Crippen LogP contribution is 2.34. The van der Waals surface area contributed by atoms with Gasteiger partial charge in [-0.1, -0.05) is 54.1 Å². The summed E-state index contributed by atoms with van der Waals surface area (Å²) in [6.07, 6.45) is 0. The summed E-state index contributed by atoms with van der Waals surface area (Å²) in [5.74, 6) is -0.00985. The summed E-state index contributed by atoms with van der Waals surface area (Å²) in [5.41, 5.74) is 2.11. The van der Waals surface area contributed by atoms with Crippen molar-refractivity contribution in [3.63, 3.8) is 0 Å². The van der Waals surface area contributed by atoms with Gasteiger partial charge in [0.2, 0.25) is 0 Å². The maximum absolute atomic E-state index is 13.9. The minimum Gasteiger partial charge on any atom is -0.464 e. The number of carbonyl (C=O) groups excluding carboxylic acids is 1. The molecule has 0 unspecified atom stereocenters. The molecule has 0 fully saturated rings. The maximum Gasteiger partial charge on any atom is 0.331 e. The number of carbonyl (C=O) groups is 1. The number of ether oxygens (including phenoxy) is 1. The fourth-order valence-corrected chi connectivity index (χ4v) is 4.65. The SMILES string of the molecule is CCOC(=O)C(C)(C)n1c(-c2cccc(C)c2)nc2scc(-c3ccccc3)c2c1=O. The van der Waals surface area contributed by atoms with Gasteiger partial charge in [0, 0.05) is 16.5 Å². The molecule has 2 aromatic carbocycles. The molecule has 0 bridgehead atoms. The van der Waals surface area contributed by atoms with Crippen LogP contribution in [0.3, 0.4) is 0 Å². The molecule has 6 heteroatoms. The Morgan fingerprint density at radius 1 is 1.10 bits per heavy atom. The maximum atomic E-state index is 13.9. The second-order valence-corrected chi connectivity index (χ2v) is 8.78. The highest BCUT2D eigenvalue weighted by Gasteiger charge is 2.36. The fourth-order valence-electron chi connectivity index (χ4n) is 3.72. The molecule has 4 aromatic rings. The van der Waals surface area contributed by atoms with Crippen LogP contribution in [0.1, 0.15) is 26.3 Å². The molecule has 0 amide bonds. The molecule has 0 aliphatic carbocycles. The van der Waals surface area contributed by atoms with Crippen molar-refractivity contribution in [3.8, 4) is 22.5 Å². The van der Waals surface area contributed by atoms with E-state index in [9.17, 15) is 9.59 Å². The van der Waals surface area contributed by atoms with Crippen molar-refractivity contribution < 1.29 is 9.53 Å². The van der Waals surface area contributed by atoms with Crippen molar-refractivity contribution >= 4 is 27.5 Å². The lowest BCUT2D eigenvalue weighted by Crippen LogP contribution is -2.45. The van der Waals surface area contributed by atoms with Gasteiger partial charge in [0.1, 0.15) is 16.2 Å². The Morgan fingerprint density at radius 2 is 1.81 bits per heavy atom. The van der Waals surface area contributed by atoms with Crippen molar-refractivity contribution in [1.82, 2.24) is 9.55 Å². The second-order valence-electron chi connectivity index (χ2n) is 7.92. The molecular formula is C25H24N2O3S. The van der Waals surface area contributed by atoms with Crippen LogP contribution in [0.15, 0.2) is 64.8 Å². The van der Waals surface area contributed by atoms with Crippen LogP contribution >= 0.6 is 11.3 Å². The Morgan fingerprint density at radius 3 is 2.48 bits per heavy atom. The molecule has 0 spiro atoms. The molecule has 31 heavy (non-hydrogen) atoms. The van der Waals surface area contributed by atoms with Crippen molar-refractivity contribution in [3.05, 3.63) is 75.9 Å². The average Bonchev–Trinajstić information content (AvgIpc) is 3.19. The Hall–Kier alpha value is -3.25. The second kappa shape index (κ2) is 8.12.